The first-order valence-electron chi connectivity index (χ1n) is 11.5. The minimum absolute atomic E-state index is 0.0106. The monoisotopic (exact) mass is 443 g/mol. The van der Waals surface area contributed by atoms with Crippen LogP contribution in [-0.2, 0) is 19.4 Å². The Balaban J connectivity index is 1.29. The van der Waals surface area contributed by atoms with Gasteiger partial charge in [-0.3, -0.25) is 4.98 Å². The summed E-state index contributed by atoms with van der Waals surface area (Å²) in [7, 11) is 0. The fourth-order valence-electron chi connectivity index (χ4n) is 5.67. The van der Waals surface area contributed by atoms with Gasteiger partial charge in [0.25, 0.3) is 0 Å². The Morgan fingerprint density at radius 2 is 1.88 bits per heavy atom. The van der Waals surface area contributed by atoms with Gasteiger partial charge in [0.2, 0.25) is 0 Å². The van der Waals surface area contributed by atoms with E-state index in [0.717, 1.165) is 61.5 Å². The molecule has 2 aliphatic rings. The number of piperidine rings is 1. The molecule has 4 aromatic rings. The van der Waals surface area contributed by atoms with Crippen LogP contribution in [0.4, 0.5) is 10.2 Å². The minimum Gasteiger partial charge on any atom is -0.390 e. The number of fused-ring (bicyclic) bond motifs is 2. The summed E-state index contributed by atoms with van der Waals surface area (Å²) in [6.45, 7) is 3.75. The number of aliphatic hydroxyl groups is 1. The van der Waals surface area contributed by atoms with Gasteiger partial charge in [0.1, 0.15) is 11.3 Å². The van der Waals surface area contributed by atoms with Crippen LogP contribution in [0.5, 0.6) is 0 Å². The van der Waals surface area contributed by atoms with Crippen molar-refractivity contribution < 1.29 is 9.50 Å². The predicted molar refractivity (Wildman–Crippen MR) is 125 cm³/mol. The molecular weight excluding hydrogens is 417 g/mol. The van der Waals surface area contributed by atoms with E-state index in [2.05, 4.69) is 21.0 Å². The van der Waals surface area contributed by atoms with Crippen LogP contribution in [0.3, 0.4) is 0 Å². The van der Waals surface area contributed by atoms with Crippen LogP contribution in [0.25, 0.3) is 16.8 Å². The molecule has 1 aliphatic carbocycles. The predicted octanol–water partition coefficient (Wildman–Crippen LogP) is 4.12. The first-order chi connectivity index (χ1) is 16.1. The molecule has 1 aromatic carbocycles. The van der Waals surface area contributed by atoms with Crippen LogP contribution in [0.15, 0.2) is 48.8 Å². The smallest absolute Gasteiger partial charge is 0.155 e. The Hall–Kier alpha value is -3.32. The average molecular weight is 444 g/mol. The fraction of sp³-hybridized carbons (Fsp3) is 0.346. The lowest BCUT2D eigenvalue weighted by Crippen LogP contribution is -2.41. The summed E-state index contributed by atoms with van der Waals surface area (Å²) in [6.07, 6.45) is 7.96. The van der Waals surface area contributed by atoms with Crippen molar-refractivity contribution >= 4 is 11.3 Å². The van der Waals surface area contributed by atoms with Crippen molar-refractivity contribution in [1.29, 1.82) is 0 Å². The number of aliphatic hydroxyl groups excluding tert-OH is 1. The van der Waals surface area contributed by atoms with Crippen molar-refractivity contribution in [2.24, 2.45) is 5.41 Å². The quantitative estimate of drug-likeness (QED) is 0.516. The lowest BCUT2D eigenvalue weighted by molar-refractivity contribution is 0.232. The van der Waals surface area contributed by atoms with E-state index >= 15 is 0 Å². The number of pyridine rings is 1. The molecule has 1 fully saturated rings. The van der Waals surface area contributed by atoms with Crippen LogP contribution in [-0.4, -0.2) is 37.8 Å². The highest BCUT2D eigenvalue weighted by molar-refractivity contribution is 5.75. The Kier molecular flexibility index (Phi) is 4.69. The van der Waals surface area contributed by atoms with Crippen molar-refractivity contribution in [3.63, 3.8) is 0 Å². The lowest BCUT2D eigenvalue weighted by Gasteiger charge is -2.40. The molecule has 33 heavy (non-hydrogen) atoms. The molecule has 4 heterocycles. The third-order valence-corrected chi connectivity index (χ3v) is 7.38. The molecule has 3 aromatic heterocycles. The normalized spacial score (nSPS) is 17.1. The Bertz CT molecular complexity index is 1360. The second kappa shape index (κ2) is 7.63. The molecule has 168 valence electrons. The zero-order valence-electron chi connectivity index (χ0n) is 18.6. The standard InChI is InChI=1S/C26H26FN5O/c1-17-24(21-4-2-3-5-22(21)27)32-23(6-9-29-32)25(30-17)31-10-7-26(8-11-31)13-18-12-20(16-33)28-15-19(18)14-26/h2-6,9,12,15,33H,7-8,10-11,13-14,16H2,1H3. The van der Waals surface area contributed by atoms with Gasteiger partial charge in [-0.05, 0) is 73.4 Å². The summed E-state index contributed by atoms with van der Waals surface area (Å²) >= 11 is 0. The number of hydrogen-bond donors (Lipinski definition) is 1. The summed E-state index contributed by atoms with van der Waals surface area (Å²) in [5, 5.41) is 13.9. The third kappa shape index (κ3) is 3.30. The highest BCUT2D eigenvalue weighted by Crippen LogP contribution is 2.45. The van der Waals surface area contributed by atoms with Crippen LogP contribution in [0.2, 0.25) is 0 Å². The first-order valence-corrected chi connectivity index (χ1v) is 11.5. The molecule has 1 aliphatic heterocycles. The number of halogens is 1. The Labute approximate surface area is 191 Å². The van der Waals surface area contributed by atoms with Gasteiger partial charge in [-0.1, -0.05) is 12.1 Å². The molecule has 0 radical (unpaired) electrons. The first kappa shape index (κ1) is 20.3. The molecule has 1 N–H and O–H groups in total. The number of anilines is 1. The number of rotatable bonds is 3. The van der Waals surface area contributed by atoms with E-state index in [-0.39, 0.29) is 17.8 Å². The zero-order valence-corrected chi connectivity index (χ0v) is 18.6. The fourth-order valence-corrected chi connectivity index (χ4v) is 5.67. The van der Waals surface area contributed by atoms with Crippen molar-refractivity contribution in [1.82, 2.24) is 19.6 Å². The molecule has 7 heteroatoms. The highest BCUT2D eigenvalue weighted by atomic mass is 19.1. The van der Waals surface area contributed by atoms with E-state index in [0.29, 0.717) is 11.3 Å². The van der Waals surface area contributed by atoms with Crippen LogP contribution in [0, 0.1) is 18.2 Å². The minimum atomic E-state index is -0.272. The molecule has 0 bridgehead atoms. The van der Waals surface area contributed by atoms with Gasteiger partial charge in [0.15, 0.2) is 5.82 Å². The second-order valence-electron chi connectivity index (χ2n) is 9.42. The van der Waals surface area contributed by atoms with Crippen molar-refractivity contribution in [2.45, 2.75) is 39.2 Å². The highest BCUT2D eigenvalue weighted by Gasteiger charge is 2.40. The molecule has 0 unspecified atom stereocenters. The maximum Gasteiger partial charge on any atom is 0.155 e. The maximum absolute atomic E-state index is 14.6. The molecule has 0 atom stereocenters. The summed E-state index contributed by atoms with van der Waals surface area (Å²) in [4.78, 5) is 11.7. The number of benzene rings is 1. The topological polar surface area (TPSA) is 66.5 Å². The molecule has 6 nitrogen and oxygen atoms in total. The largest absolute Gasteiger partial charge is 0.390 e. The third-order valence-electron chi connectivity index (χ3n) is 7.38. The Morgan fingerprint density at radius 1 is 1.09 bits per heavy atom. The van der Waals surface area contributed by atoms with Crippen LogP contribution >= 0.6 is 0 Å². The van der Waals surface area contributed by atoms with E-state index in [9.17, 15) is 9.50 Å². The summed E-state index contributed by atoms with van der Waals surface area (Å²) in [5.41, 5.74) is 6.55. The molecule has 0 saturated carbocycles. The molecule has 1 saturated heterocycles. The van der Waals surface area contributed by atoms with Gasteiger partial charge in [0.05, 0.1) is 29.9 Å². The van der Waals surface area contributed by atoms with E-state index < -0.39 is 0 Å². The molecule has 6 rings (SSSR count). The van der Waals surface area contributed by atoms with Gasteiger partial charge in [-0.15, -0.1) is 0 Å². The van der Waals surface area contributed by atoms with Gasteiger partial charge in [-0.25, -0.2) is 13.9 Å². The van der Waals surface area contributed by atoms with Crippen molar-refractivity contribution in [3.8, 4) is 11.3 Å². The van der Waals surface area contributed by atoms with E-state index in [1.165, 1.54) is 17.2 Å². The number of nitrogens with zero attached hydrogens (tertiary/aromatic N) is 5. The average Bonchev–Trinajstić information content (AvgIpc) is 3.44. The number of aryl methyl sites for hydroxylation is 1. The SMILES string of the molecule is Cc1nc(N2CCC3(CC2)Cc2cnc(CO)cc2C3)c2ccnn2c1-c1ccccc1F. The summed E-state index contributed by atoms with van der Waals surface area (Å²) in [6, 6.07) is 10.8. The zero-order chi connectivity index (χ0) is 22.6. The van der Waals surface area contributed by atoms with Crippen LogP contribution in [0.1, 0.15) is 35.4 Å². The molecule has 0 amide bonds. The van der Waals surface area contributed by atoms with Crippen LogP contribution < -0.4 is 4.90 Å². The second-order valence-corrected chi connectivity index (χ2v) is 9.42. The summed E-state index contributed by atoms with van der Waals surface area (Å²) in [5.74, 6) is 0.645. The van der Waals surface area contributed by atoms with Crippen molar-refractivity contribution in [3.05, 3.63) is 77.1 Å². The van der Waals surface area contributed by atoms with Gasteiger partial charge >= 0.3 is 0 Å². The van der Waals surface area contributed by atoms with E-state index in [1.807, 2.05) is 29.8 Å². The van der Waals surface area contributed by atoms with Gasteiger partial charge < -0.3 is 10.0 Å². The maximum atomic E-state index is 14.6. The van der Waals surface area contributed by atoms with Crippen molar-refractivity contribution in [2.75, 3.05) is 18.0 Å². The number of hydrogen-bond acceptors (Lipinski definition) is 5. The van der Waals surface area contributed by atoms with E-state index in [4.69, 9.17) is 4.98 Å². The molecule has 1 spiro atoms. The van der Waals surface area contributed by atoms with Gasteiger partial charge in [0, 0.05) is 24.8 Å². The summed E-state index contributed by atoms with van der Waals surface area (Å²) < 4.78 is 16.4. The van der Waals surface area contributed by atoms with E-state index in [1.54, 1.807) is 18.3 Å². The number of aromatic nitrogens is 4. The molecular formula is C26H26FN5O. The Morgan fingerprint density at radius 3 is 2.67 bits per heavy atom. The lowest BCUT2D eigenvalue weighted by atomic mass is 9.76. The van der Waals surface area contributed by atoms with Gasteiger partial charge in [-0.2, -0.15) is 5.10 Å².